The van der Waals surface area contributed by atoms with E-state index in [0.717, 1.165) is 49.5 Å². The Morgan fingerprint density at radius 2 is 1.63 bits per heavy atom. The van der Waals surface area contributed by atoms with E-state index < -0.39 is 0 Å². The van der Waals surface area contributed by atoms with Crippen molar-refractivity contribution in [1.82, 2.24) is 19.5 Å². The predicted octanol–water partition coefficient (Wildman–Crippen LogP) is 3.82. The molecule has 0 aliphatic carbocycles. The van der Waals surface area contributed by atoms with Crippen molar-refractivity contribution in [3.63, 3.8) is 0 Å². The zero-order valence-electron chi connectivity index (χ0n) is 17.2. The summed E-state index contributed by atoms with van der Waals surface area (Å²) < 4.78 is 1.97. The van der Waals surface area contributed by atoms with Crippen molar-refractivity contribution in [2.24, 2.45) is 0 Å². The van der Waals surface area contributed by atoms with E-state index in [4.69, 9.17) is 5.10 Å². The third-order valence-electron chi connectivity index (χ3n) is 5.70. The molecule has 152 valence electrons. The van der Waals surface area contributed by atoms with Crippen LogP contribution in [0.15, 0.2) is 72.9 Å². The molecular weight excluding hydrogens is 372 g/mol. The molecule has 0 bridgehead atoms. The number of anilines is 3. The average molecular weight is 399 g/mol. The predicted molar refractivity (Wildman–Crippen MR) is 122 cm³/mol. The number of nitrogens with one attached hydrogen (secondary N) is 1. The Labute approximate surface area is 176 Å². The summed E-state index contributed by atoms with van der Waals surface area (Å²) in [6.07, 6.45) is 2.70. The summed E-state index contributed by atoms with van der Waals surface area (Å²) in [5.74, 6) is 0.598. The number of hydrogen-bond acceptors (Lipinski definition) is 5. The number of fused-ring (bicyclic) bond motifs is 1. The molecule has 2 aromatic heterocycles. The molecule has 6 nitrogen and oxygen atoms in total. The molecule has 0 saturated carbocycles. The summed E-state index contributed by atoms with van der Waals surface area (Å²) in [4.78, 5) is 9.28. The first kappa shape index (κ1) is 18.6. The third-order valence-corrected chi connectivity index (χ3v) is 5.70. The quantitative estimate of drug-likeness (QED) is 0.554. The fourth-order valence-corrected chi connectivity index (χ4v) is 3.90. The van der Waals surface area contributed by atoms with E-state index in [9.17, 15) is 0 Å². The van der Waals surface area contributed by atoms with E-state index in [2.05, 4.69) is 87.8 Å². The van der Waals surface area contributed by atoms with Gasteiger partial charge in [0.2, 0.25) is 5.95 Å². The molecule has 0 atom stereocenters. The Bertz CT molecular complexity index is 1110. The van der Waals surface area contributed by atoms with Gasteiger partial charge in [-0.05, 0) is 49.0 Å². The van der Waals surface area contributed by atoms with E-state index in [1.54, 1.807) is 0 Å². The van der Waals surface area contributed by atoms with Crippen LogP contribution in [0.4, 0.5) is 17.3 Å². The van der Waals surface area contributed by atoms with E-state index in [1.165, 1.54) is 11.3 Å². The minimum absolute atomic E-state index is 0.598. The van der Waals surface area contributed by atoms with Gasteiger partial charge in [0.1, 0.15) is 0 Å². The standard InChI is InChI=1S/C24H26N6/c1-28-13-15-29(16-14-28)21-9-7-20(8-10-21)26-24-25-18-23-12-11-22(30(23)27-24)17-19-5-3-2-4-6-19/h2-12,18H,13-17H2,1H3,(H,26,27). The van der Waals surface area contributed by atoms with Crippen LogP contribution in [0.2, 0.25) is 0 Å². The van der Waals surface area contributed by atoms with Gasteiger partial charge >= 0.3 is 0 Å². The second-order valence-electron chi connectivity index (χ2n) is 7.87. The van der Waals surface area contributed by atoms with Gasteiger partial charge in [0, 0.05) is 49.7 Å². The maximum absolute atomic E-state index is 4.73. The van der Waals surface area contributed by atoms with Crippen molar-refractivity contribution in [3.05, 3.63) is 84.2 Å². The molecule has 1 aliphatic heterocycles. The lowest BCUT2D eigenvalue weighted by Gasteiger charge is -2.34. The van der Waals surface area contributed by atoms with Gasteiger partial charge in [0.25, 0.3) is 0 Å². The molecular formula is C24H26N6. The van der Waals surface area contributed by atoms with Gasteiger partial charge in [0.15, 0.2) is 0 Å². The van der Waals surface area contributed by atoms with E-state index in [-0.39, 0.29) is 0 Å². The summed E-state index contributed by atoms with van der Waals surface area (Å²) in [6, 6.07) is 23.2. The first-order chi connectivity index (χ1) is 14.7. The highest BCUT2D eigenvalue weighted by Gasteiger charge is 2.14. The van der Waals surface area contributed by atoms with Crippen LogP contribution in [-0.4, -0.2) is 52.7 Å². The van der Waals surface area contributed by atoms with Crippen molar-refractivity contribution < 1.29 is 0 Å². The zero-order valence-corrected chi connectivity index (χ0v) is 17.2. The highest BCUT2D eigenvalue weighted by molar-refractivity contribution is 5.60. The summed E-state index contributed by atoms with van der Waals surface area (Å²) in [5, 5.41) is 8.07. The lowest BCUT2D eigenvalue weighted by Crippen LogP contribution is -2.44. The average Bonchev–Trinajstić information content (AvgIpc) is 3.18. The first-order valence-electron chi connectivity index (χ1n) is 10.4. The molecule has 4 aromatic rings. The number of nitrogens with zero attached hydrogens (tertiary/aromatic N) is 5. The normalized spacial score (nSPS) is 14.9. The van der Waals surface area contributed by atoms with Crippen LogP contribution < -0.4 is 10.2 Å². The minimum atomic E-state index is 0.598. The SMILES string of the molecule is CN1CCN(c2ccc(Nc3ncc4ccc(Cc5ccccc5)n4n3)cc2)CC1. The Morgan fingerprint density at radius 3 is 2.40 bits per heavy atom. The van der Waals surface area contributed by atoms with Crippen LogP contribution in [0.3, 0.4) is 0 Å². The van der Waals surface area contributed by atoms with Crippen molar-refractivity contribution in [1.29, 1.82) is 0 Å². The number of rotatable bonds is 5. The molecule has 1 aliphatic rings. The van der Waals surface area contributed by atoms with Crippen LogP contribution in [0.25, 0.3) is 5.52 Å². The fourth-order valence-electron chi connectivity index (χ4n) is 3.90. The Hall–Kier alpha value is -3.38. The molecule has 1 N–H and O–H groups in total. The molecule has 2 aromatic carbocycles. The monoisotopic (exact) mass is 398 g/mol. The number of benzene rings is 2. The lowest BCUT2D eigenvalue weighted by molar-refractivity contribution is 0.313. The van der Waals surface area contributed by atoms with Crippen LogP contribution in [0, 0.1) is 0 Å². The third kappa shape index (κ3) is 4.00. The van der Waals surface area contributed by atoms with Crippen molar-refractivity contribution in [2.75, 3.05) is 43.4 Å². The number of aromatic nitrogens is 3. The Morgan fingerprint density at radius 1 is 0.867 bits per heavy atom. The Kier molecular flexibility index (Phi) is 5.07. The number of likely N-dealkylation sites (N-methyl/N-ethyl adjacent to an activating group) is 1. The van der Waals surface area contributed by atoms with Gasteiger partial charge in [-0.2, -0.15) is 0 Å². The van der Waals surface area contributed by atoms with Crippen molar-refractivity contribution in [3.8, 4) is 0 Å². The highest BCUT2D eigenvalue weighted by Crippen LogP contribution is 2.21. The molecule has 6 heteroatoms. The molecule has 0 amide bonds. The Balaban J connectivity index is 1.32. The van der Waals surface area contributed by atoms with Gasteiger partial charge in [-0.25, -0.2) is 9.50 Å². The number of piperazine rings is 1. The summed E-state index contributed by atoms with van der Waals surface area (Å²) in [5.41, 5.74) is 5.67. The smallest absolute Gasteiger partial charge is 0.245 e. The first-order valence-corrected chi connectivity index (χ1v) is 10.4. The molecule has 3 heterocycles. The molecule has 1 fully saturated rings. The second-order valence-corrected chi connectivity index (χ2v) is 7.87. The van der Waals surface area contributed by atoms with Gasteiger partial charge in [-0.15, -0.1) is 5.10 Å². The maximum Gasteiger partial charge on any atom is 0.245 e. The topological polar surface area (TPSA) is 48.7 Å². The van der Waals surface area contributed by atoms with Gasteiger partial charge in [-0.1, -0.05) is 30.3 Å². The molecule has 1 saturated heterocycles. The largest absolute Gasteiger partial charge is 0.369 e. The van der Waals surface area contributed by atoms with Crippen molar-refractivity contribution in [2.45, 2.75) is 6.42 Å². The molecule has 0 spiro atoms. The van der Waals surface area contributed by atoms with E-state index in [1.807, 2.05) is 16.8 Å². The van der Waals surface area contributed by atoms with E-state index in [0.29, 0.717) is 5.95 Å². The van der Waals surface area contributed by atoms with Crippen LogP contribution in [0.1, 0.15) is 11.3 Å². The second kappa shape index (κ2) is 8.16. The van der Waals surface area contributed by atoms with Gasteiger partial charge < -0.3 is 15.1 Å². The van der Waals surface area contributed by atoms with Crippen molar-refractivity contribution >= 4 is 22.8 Å². The number of hydrogen-bond donors (Lipinski definition) is 1. The lowest BCUT2D eigenvalue weighted by atomic mass is 10.1. The van der Waals surface area contributed by atoms with Crippen LogP contribution >= 0.6 is 0 Å². The molecule has 0 unspecified atom stereocenters. The molecule has 0 radical (unpaired) electrons. The molecule has 30 heavy (non-hydrogen) atoms. The maximum atomic E-state index is 4.73. The van der Waals surface area contributed by atoms with Gasteiger partial charge in [-0.3, -0.25) is 0 Å². The fraction of sp³-hybridized carbons (Fsp3) is 0.250. The van der Waals surface area contributed by atoms with Crippen LogP contribution in [0.5, 0.6) is 0 Å². The van der Waals surface area contributed by atoms with Gasteiger partial charge in [0.05, 0.1) is 11.7 Å². The summed E-state index contributed by atoms with van der Waals surface area (Å²) >= 11 is 0. The summed E-state index contributed by atoms with van der Waals surface area (Å²) in [6.45, 7) is 4.35. The highest BCUT2D eigenvalue weighted by atomic mass is 15.3. The van der Waals surface area contributed by atoms with E-state index >= 15 is 0 Å². The minimum Gasteiger partial charge on any atom is -0.369 e. The summed E-state index contributed by atoms with van der Waals surface area (Å²) in [7, 11) is 2.18. The van der Waals surface area contributed by atoms with Crippen LogP contribution in [-0.2, 0) is 6.42 Å². The zero-order chi connectivity index (χ0) is 20.3. The molecule has 5 rings (SSSR count).